The number of nitrogens with two attached hydrogens (primary N) is 1. The minimum Gasteiger partial charge on any atom is -0.381 e. The lowest BCUT2D eigenvalue weighted by molar-refractivity contribution is 0.0342. The third kappa shape index (κ3) is 2.16. The van der Waals surface area contributed by atoms with Gasteiger partial charge in [-0.2, -0.15) is 0 Å². The van der Waals surface area contributed by atoms with Crippen molar-refractivity contribution in [1.82, 2.24) is 0 Å². The van der Waals surface area contributed by atoms with Crippen molar-refractivity contribution in [2.75, 3.05) is 19.8 Å². The van der Waals surface area contributed by atoms with Crippen LogP contribution >= 0.6 is 0 Å². The number of allylic oxidation sites excluding steroid dienone is 2. The fourth-order valence-corrected chi connectivity index (χ4v) is 4.72. The molecule has 106 valence electrons. The highest BCUT2D eigenvalue weighted by atomic mass is 16.5. The fraction of sp³-hybridized carbons (Fsp3) is 0.875. The first-order chi connectivity index (χ1) is 9.33. The van der Waals surface area contributed by atoms with Gasteiger partial charge in [0.15, 0.2) is 0 Å². The predicted molar refractivity (Wildman–Crippen MR) is 73.6 cm³/mol. The first kappa shape index (κ1) is 12.4. The zero-order valence-corrected chi connectivity index (χ0v) is 11.5. The molecule has 3 fully saturated rings. The Morgan fingerprint density at radius 1 is 0.947 bits per heavy atom. The van der Waals surface area contributed by atoms with E-state index >= 15 is 0 Å². The van der Waals surface area contributed by atoms with E-state index in [2.05, 4.69) is 12.2 Å². The Labute approximate surface area is 115 Å². The number of fused-ring (bicyclic) bond motifs is 4. The zero-order chi connectivity index (χ0) is 12.8. The average molecular weight is 263 g/mol. The molecule has 0 amide bonds. The maximum absolute atomic E-state index is 6.03. The summed E-state index contributed by atoms with van der Waals surface area (Å²) in [6, 6.07) is 0. The largest absolute Gasteiger partial charge is 0.381 e. The molecule has 0 aromatic carbocycles. The Balaban J connectivity index is 1.21. The Morgan fingerprint density at radius 3 is 2.37 bits per heavy atom. The Hall–Kier alpha value is -0.380. The summed E-state index contributed by atoms with van der Waals surface area (Å²) in [7, 11) is 0. The normalized spacial score (nSPS) is 50.5. The molecule has 1 saturated carbocycles. The first-order valence-corrected chi connectivity index (χ1v) is 7.95. The van der Waals surface area contributed by atoms with E-state index in [1.54, 1.807) is 0 Å². The molecule has 0 radical (unpaired) electrons. The van der Waals surface area contributed by atoms with Gasteiger partial charge in [0.1, 0.15) is 0 Å². The Kier molecular flexibility index (Phi) is 3.17. The van der Waals surface area contributed by atoms with Gasteiger partial charge in [0, 0.05) is 12.5 Å². The monoisotopic (exact) mass is 263 g/mol. The summed E-state index contributed by atoms with van der Waals surface area (Å²) in [6.45, 7) is 2.64. The number of hydrogen-bond donors (Lipinski definition) is 1. The molecular weight excluding hydrogens is 238 g/mol. The quantitative estimate of drug-likeness (QED) is 0.771. The predicted octanol–water partition coefficient (Wildman–Crippen LogP) is 1.97. The molecule has 2 saturated heterocycles. The van der Waals surface area contributed by atoms with E-state index in [0.717, 1.165) is 43.9 Å². The molecule has 0 spiro atoms. The molecule has 2 heterocycles. The lowest BCUT2D eigenvalue weighted by atomic mass is 9.82. The highest BCUT2D eigenvalue weighted by Gasteiger charge is 2.46. The van der Waals surface area contributed by atoms with Crippen molar-refractivity contribution >= 4 is 0 Å². The highest BCUT2D eigenvalue weighted by Crippen LogP contribution is 2.44. The van der Waals surface area contributed by atoms with E-state index in [1.165, 1.54) is 19.3 Å². The Morgan fingerprint density at radius 2 is 1.74 bits per heavy atom. The summed E-state index contributed by atoms with van der Waals surface area (Å²) in [6.07, 6.45) is 10.7. The van der Waals surface area contributed by atoms with Gasteiger partial charge in [0.05, 0.1) is 18.8 Å². The molecule has 2 aliphatic heterocycles. The number of rotatable bonds is 5. The van der Waals surface area contributed by atoms with Gasteiger partial charge >= 0.3 is 0 Å². The molecule has 3 nitrogen and oxygen atoms in total. The van der Waals surface area contributed by atoms with Crippen molar-refractivity contribution in [2.24, 2.45) is 35.3 Å². The van der Waals surface area contributed by atoms with Crippen LogP contribution in [0.4, 0.5) is 0 Å². The molecule has 4 rings (SSSR count). The van der Waals surface area contributed by atoms with Crippen LogP contribution in [0.1, 0.15) is 25.7 Å². The van der Waals surface area contributed by atoms with Crippen LogP contribution < -0.4 is 5.73 Å². The van der Waals surface area contributed by atoms with Crippen molar-refractivity contribution in [3.63, 3.8) is 0 Å². The van der Waals surface area contributed by atoms with Gasteiger partial charge < -0.3 is 15.2 Å². The van der Waals surface area contributed by atoms with Crippen molar-refractivity contribution in [3.05, 3.63) is 12.2 Å². The maximum atomic E-state index is 6.03. The Bertz CT molecular complexity index is 370. The molecule has 7 unspecified atom stereocenters. The lowest BCUT2D eigenvalue weighted by Gasteiger charge is -2.25. The van der Waals surface area contributed by atoms with Crippen molar-refractivity contribution in [3.8, 4) is 0 Å². The molecule has 2 aliphatic carbocycles. The molecule has 2 N–H and O–H groups in total. The summed E-state index contributed by atoms with van der Waals surface area (Å²) in [5.74, 6) is 3.68. The highest BCUT2D eigenvalue weighted by molar-refractivity contribution is 5.10. The topological polar surface area (TPSA) is 44.5 Å². The number of ether oxygens (including phenoxy) is 2. The minimum absolute atomic E-state index is 0.425. The second-order valence-electron chi connectivity index (χ2n) is 7.02. The SMILES string of the molecule is NCC1CC2OC1CC2COCC1CC2C=CC1C2. The number of hydrogen-bond acceptors (Lipinski definition) is 3. The van der Waals surface area contributed by atoms with Crippen LogP contribution in [0.5, 0.6) is 0 Å². The van der Waals surface area contributed by atoms with E-state index in [9.17, 15) is 0 Å². The molecule has 4 aliphatic rings. The summed E-state index contributed by atoms with van der Waals surface area (Å²) in [5.41, 5.74) is 5.77. The second kappa shape index (κ2) is 4.87. The van der Waals surface area contributed by atoms with E-state index in [4.69, 9.17) is 15.2 Å². The van der Waals surface area contributed by atoms with Crippen LogP contribution in [0.25, 0.3) is 0 Å². The van der Waals surface area contributed by atoms with Gasteiger partial charge in [-0.1, -0.05) is 12.2 Å². The van der Waals surface area contributed by atoms with E-state index in [0.29, 0.717) is 24.0 Å². The van der Waals surface area contributed by atoms with Gasteiger partial charge in [0.2, 0.25) is 0 Å². The van der Waals surface area contributed by atoms with Crippen LogP contribution in [0.2, 0.25) is 0 Å². The van der Waals surface area contributed by atoms with Crippen LogP contribution in [0, 0.1) is 29.6 Å². The van der Waals surface area contributed by atoms with Crippen LogP contribution in [0.15, 0.2) is 12.2 Å². The average Bonchev–Trinajstić information content (AvgIpc) is 3.17. The van der Waals surface area contributed by atoms with Gasteiger partial charge in [-0.3, -0.25) is 0 Å². The van der Waals surface area contributed by atoms with Gasteiger partial charge in [-0.05, 0) is 55.9 Å². The summed E-state index contributed by atoms with van der Waals surface area (Å²) >= 11 is 0. The summed E-state index contributed by atoms with van der Waals surface area (Å²) in [4.78, 5) is 0. The van der Waals surface area contributed by atoms with E-state index < -0.39 is 0 Å². The first-order valence-electron chi connectivity index (χ1n) is 7.95. The van der Waals surface area contributed by atoms with Crippen LogP contribution in [0.3, 0.4) is 0 Å². The standard InChI is InChI=1S/C16H25NO2/c17-7-12-5-16-14(6-15(12)19-16)9-18-8-13-4-10-1-2-11(13)3-10/h1-2,10-16H,3-9,17H2. The third-order valence-corrected chi connectivity index (χ3v) is 5.85. The molecule has 0 aromatic rings. The third-order valence-electron chi connectivity index (χ3n) is 5.85. The minimum atomic E-state index is 0.425. The molecular formula is C16H25NO2. The fourth-order valence-electron chi connectivity index (χ4n) is 4.72. The van der Waals surface area contributed by atoms with E-state index in [-0.39, 0.29) is 0 Å². The van der Waals surface area contributed by atoms with Gasteiger partial charge in [0.25, 0.3) is 0 Å². The van der Waals surface area contributed by atoms with Crippen molar-refractivity contribution in [2.45, 2.75) is 37.9 Å². The summed E-state index contributed by atoms with van der Waals surface area (Å²) in [5, 5.41) is 0. The van der Waals surface area contributed by atoms with Crippen molar-refractivity contribution in [1.29, 1.82) is 0 Å². The zero-order valence-electron chi connectivity index (χ0n) is 11.5. The molecule has 4 bridgehead atoms. The summed E-state index contributed by atoms with van der Waals surface area (Å²) < 4.78 is 12.0. The molecule has 3 heteroatoms. The lowest BCUT2D eigenvalue weighted by Crippen LogP contribution is -2.31. The van der Waals surface area contributed by atoms with Gasteiger partial charge in [-0.15, -0.1) is 0 Å². The van der Waals surface area contributed by atoms with Crippen LogP contribution in [-0.2, 0) is 9.47 Å². The second-order valence-corrected chi connectivity index (χ2v) is 7.02. The smallest absolute Gasteiger partial charge is 0.0634 e. The van der Waals surface area contributed by atoms with Crippen LogP contribution in [-0.4, -0.2) is 32.0 Å². The van der Waals surface area contributed by atoms with E-state index in [1.807, 2.05) is 0 Å². The van der Waals surface area contributed by atoms with Crippen molar-refractivity contribution < 1.29 is 9.47 Å². The molecule has 19 heavy (non-hydrogen) atoms. The molecule has 0 aromatic heterocycles. The van der Waals surface area contributed by atoms with Gasteiger partial charge in [-0.25, -0.2) is 0 Å². The maximum Gasteiger partial charge on any atom is 0.0634 e. The molecule has 7 atom stereocenters.